The molecule has 1 aliphatic rings. The van der Waals surface area contributed by atoms with E-state index in [1.807, 2.05) is 6.92 Å². The smallest absolute Gasteiger partial charge is 0.475 e. The molecule has 1 fully saturated rings. The molecule has 0 saturated carbocycles. The standard InChI is InChI=1S/C18H21FN4O2.C2HF3O2/c1-11-12(2)17(24)22-21-16(11)10-13-3-4-15(19)14(9-13)18(25)23-7-5-20-6-8-23;3-2(4,5)1(6)7/h3-4,9,20H,5-8,10H2,1-2H3,(H,22,24);(H,6,7). The molecule has 1 aliphatic heterocycles. The van der Waals surface area contributed by atoms with Crippen LogP contribution in [0, 0.1) is 19.7 Å². The second-order valence-electron chi connectivity index (χ2n) is 7.09. The van der Waals surface area contributed by atoms with Gasteiger partial charge in [-0.15, -0.1) is 0 Å². The van der Waals surface area contributed by atoms with E-state index in [-0.39, 0.29) is 17.0 Å². The van der Waals surface area contributed by atoms with E-state index in [0.29, 0.717) is 43.9 Å². The molecule has 32 heavy (non-hydrogen) atoms. The molecular weight excluding hydrogens is 436 g/mol. The van der Waals surface area contributed by atoms with Crippen LogP contribution >= 0.6 is 0 Å². The predicted molar refractivity (Wildman–Crippen MR) is 106 cm³/mol. The lowest BCUT2D eigenvalue weighted by Gasteiger charge is -2.27. The Bertz CT molecular complexity index is 1050. The maximum absolute atomic E-state index is 14.2. The third kappa shape index (κ3) is 6.36. The number of hydrogen-bond acceptors (Lipinski definition) is 5. The summed E-state index contributed by atoms with van der Waals surface area (Å²) in [5, 5.41) is 16.8. The Morgan fingerprint density at radius 2 is 1.75 bits per heavy atom. The lowest BCUT2D eigenvalue weighted by molar-refractivity contribution is -0.192. The summed E-state index contributed by atoms with van der Waals surface area (Å²) in [6.07, 6.45) is -4.66. The zero-order chi connectivity index (χ0) is 24.1. The monoisotopic (exact) mass is 458 g/mol. The number of H-pyrrole nitrogens is 1. The van der Waals surface area contributed by atoms with E-state index in [9.17, 15) is 27.2 Å². The van der Waals surface area contributed by atoms with Gasteiger partial charge < -0.3 is 15.3 Å². The summed E-state index contributed by atoms with van der Waals surface area (Å²) in [7, 11) is 0. The first-order chi connectivity index (χ1) is 14.9. The summed E-state index contributed by atoms with van der Waals surface area (Å²) in [6, 6.07) is 4.55. The SMILES string of the molecule is Cc1c(Cc2ccc(F)c(C(=O)N3CCNCC3)c2)n[nH]c(=O)c1C.O=C(O)C(F)(F)F. The molecule has 1 amide bonds. The van der Waals surface area contributed by atoms with E-state index in [1.54, 1.807) is 24.0 Å². The molecule has 174 valence electrons. The summed E-state index contributed by atoms with van der Waals surface area (Å²) in [4.78, 5) is 34.7. The number of nitrogens with one attached hydrogen (secondary N) is 2. The fourth-order valence-corrected chi connectivity index (χ4v) is 2.92. The Labute approximate surface area is 180 Å². The number of carboxylic acids is 1. The van der Waals surface area contributed by atoms with E-state index in [1.165, 1.54) is 6.07 Å². The third-order valence-electron chi connectivity index (χ3n) is 4.91. The van der Waals surface area contributed by atoms with Crippen LogP contribution in [0.5, 0.6) is 0 Å². The maximum atomic E-state index is 14.2. The molecule has 1 saturated heterocycles. The van der Waals surface area contributed by atoms with Gasteiger partial charge in [0, 0.05) is 38.2 Å². The number of halogens is 4. The van der Waals surface area contributed by atoms with Crippen molar-refractivity contribution in [2.75, 3.05) is 26.2 Å². The van der Waals surface area contributed by atoms with Crippen LogP contribution in [-0.2, 0) is 11.2 Å². The number of alkyl halides is 3. The van der Waals surface area contributed by atoms with Crippen molar-refractivity contribution >= 4 is 11.9 Å². The van der Waals surface area contributed by atoms with Crippen LogP contribution in [0.15, 0.2) is 23.0 Å². The topological polar surface area (TPSA) is 115 Å². The zero-order valence-electron chi connectivity index (χ0n) is 17.3. The van der Waals surface area contributed by atoms with Gasteiger partial charge in [-0.2, -0.15) is 18.3 Å². The van der Waals surface area contributed by atoms with E-state index in [2.05, 4.69) is 15.5 Å². The number of rotatable bonds is 3. The molecule has 12 heteroatoms. The van der Waals surface area contributed by atoms with Crippen LogP contribution < -0.4 is 10.9 Å². The van der Waals surface area contributed by atoms with Crippen LogP contribution in [0.4, 0.5) is 17.6 Å². The van der Waals surface area contributed by atoms with Crippen molar-refractivity contribution in [3.05, 3.63) is 62.3 Å². The highest BCUT2D eigenvalue weighted by Gasteiger charge is 2.38. The molecule has 1 aromatic carbocycles. The minimum absolute atomic E-state index is 0.0817. The lowest BCUT2D eigenvalue weighted by Crippen LogP contribution is -2.46. The van der Waals surface area contributed by atoms with Crippen LogP contribution in [0.2, 0.25) is 0 Å². The molecule has 2 heterocycles. The molecule has 0 atom stereocenters. The van der Waals surface area contributed by atoms with Crippen LogP contribution in [-0.4, -0.2) is 64.4 Å². The highest BCUT2D eigenvalue weighted by molar-refractivity contribution is 5.94. The molecule has 3 N–H and O–H groups in total. The number of aromatic nitrogens is 2. The number of aliphatic carboxylic acids is 1. The molecule has 8 nitrogen and oxygen atoms in total. The van der Waals surface area contributed by atoms with Gasteiger partial charge in [0.05, 0.1) is 11.3 Å². The molecule has 3 rings (SSSR count). The van der Waals surface area contributed by atoms with Gasteiger partial charge in [0.2, 0.25) is 0 Å². The Hall–Kier alpha value is -3.28. The highest BCUT2D eigenvalue weighted by atomic mass is 19.4. The van der Waals surface area contributed by atoms with Crippen LogP contribution in [0.25, 0.3) is 0 Å². The van der Waals surface area contributed by atoms with Crippen LogP contribution in [0.3, 0.4) is 0 Å². The zero-order valence-corrected chi connectivity index (χ0v) is 17.3. The first-order valence-electron chi connectivity index (χ1n) is 9.55. The van der Waals surface area contributed by atoms with Gasteiger partial charge in [-0.05, 0) is 37.1 Å². The predicted octanol–water partition coefficient (Wildman–Crippen LogP) is 1.80. The van der Waals surface area contributed by atoms with E-state index in [4.69, 9.17) is 9.90 Å². The lowest BCUT2D eigenvalue weighted by atomic mass is 10.0. The van der Waals surface area contributed by atoms with Crippen molar-refractivity contribution in [2.45, 2.75) is 26.4 Å². The van der Waals surface area contributed by atoms with Gasteiger partial charge in [0.25, 0.3) is 11.5 Å². The number of amides is 1. The van der Waals surface area contributed by atoms with E-state index < -0.39 is 18.0 Å². The Balaban J connectivity index is 0.000000451. The number of nitrogens with zero attached hydrogens (tertiary/aromatic N) is 2. The van der Waals surface area contributed by atoms with E-state index >= 15 is 0 Å². The second kappa shape index (κ2) is 10.4. The molecule has 0 unspecified atom stereocenters. The molecule has 0 spiro atoms. The maximum Gasteiger partial charge on any atom is 0.490 e. The van der Waals surface area contributed by atoms with Gasteiger partial charge in [0.1, 0.15) is 5.82 Å². The number of carboxylic acid groups (broad SMARTS) is 1. The van der Waals surface area contributed by atoms with Gasteiger partial charge in [0.15, 0.2) is 0 Å². The number of aromatic amines is 1. The average molecular weight is 458 g/mol. The fourth-order valence-electron chi connectivity index (χ4n) is 2.92. The molecule has 2 aromatic rings. The number of hydrogen-bond donors (Lipinski definition) is 3. The normalized spacial score (nSPS) is 13.9. The molecule has 0 radical (unpaired) electrons. The minimum atomic E-state index is -5.08. The summed E-state index contributed by atoms with van der Waals surface area (Å²) in [5.74, 6) is -3.56. The quantitative estimate of drug-likeness (QED) is 0.605. The van der Waals surface area contributed by atoms with Gasteiger partial charge in [-0.3, -0.25) is 9.59 Å². The molecule has 1 aromatic heterocycles. The van der Waals surface area contributed by atoms with Crippen molar-refractivity contribution in [1.82, 2.24) is 20.4 Å². The minimum Gasteiger partial charge on any atom is -0.475 e. The summed E-state index contributed by atoms with van der Waals surface area (Å²) < 4.78 is 45.9. The third-order valence-corrected chi connectivity index (χ3v) is 4.91. The van der Waals surface area contributed by atoms with Gasteiger partial charge in [-0.1, -0.05) is 6.07 Å². The van der Waals surface area contributed by atoms with Gasteiger partial charge >= 0.3 is 12.1 Å². The average Bonchev–Trinajstić information content (AvgIpc) is 2.75. The Morgan fingerprint density at radius 1 is 1.16 bits per heavy atom. The molecular formula is C20H22F4N4O4. The van der Waals surface area contributed by atoms with Crippen molar-refractivity contribution in [3.8, 4) is 0 Å². The Kier molecular flexibility index (Phi) is 8.08. The van der Waals surface area contributed by atoms with Crippen LogP contribution in [0.1, 0.15) is 32.7 Å². The fraction of sp³-hybridized carbons (Fsp3) is 0.400. The molecule has 0 bridgehead atoms. The van der Waals surface area contributed by atoms with Gasteiger partial charge in [-0.25, -0.2) is 14.3 Å². The summed E-state index contributed by atoms with van der Waals surface area (Å²) in [5.41, 5.74) is 2.78. The largest absolute Gasteiger partial charge is 0.490 e. The van der Waals surface area contributed by atoms with Crippen molar-refractivity contribution in [2.24, 2.45) is 0 Å². The second-order valence-corrected chi connectivity index (χ2v) is 7.09. The summed E-state index contributed by atoms with van der Waals surface area (Å²) in [6.45, 7) is 6.15. The first-order valence-corrected chi connectivity index (χ1v) is 9.55. The Morgan fingerprint density at radius 3 is 2.31 bits per heavy atom. The number of carbonyl (C=O) groups excluding carboxylic acids is 1. The van der Waals surface area contributed by atoms with Crippen molar-refractivity contribution in [3.63, 3.8) is 0 Å². The number of piperazine rings is 1. The van der Waals surface area contributed by atoms with Crippen molar-refractivity contribution < 1.29 is 32.3 Å². The first kappa shape index (κ1) is 25.0. The number of benzene rings is 1. The number of carbonyl (C=O) groups is 2. The highest BCUT2D eigenvalue weighted by Crippen LogP contribution is 2.18. The summed E-state index contributed by atoms with van der Waals surface area (Å²) >= 11 is 0. The van der Waals surface area contributed by atoms with Crippen molar-refractivity contribution in [1.29, 1.82) is 0 Å². The molecule has 0 aliphatic carbocycles. The van der Waals surface area contributed by atoms with E-state index in [0.717, 1.165) is 11.1 Å².